The average molecular weight is 647 g/mol. The van der Waals surface area contributed by atoms with Gasteiger partial charge in [0.05, 0.1) is 12.3 Å². The van der Waals surface area contributed by atoms with Crippen LogP contribution in [0, 0.1) is 0 Å². The van der Waals surface area contributed by atoms with E-state index in [1.807, 2.05) is 42.5 Å². The molecule has 9 aromatic rings. The lowest BCUT2D eigenvalue weighted by Crippen LogP contribution is -2.28. The van der Waals surface area contributed by atoms with Gasteiger partial charge in [0, 0.05) is 37.2 Å². The molecule has 49 heavy (non-hydrogen) atoms. The number of hydrogen-bond acceptors (Lipinski definition) is 2. The van der Waals surface area contributed by atoms with Gasteiger partial charge in [0.15, 0.2) is 0 Å². The van der Waals surface area contributed by atoms with Crippen LogP contribution in [0.25, 0.3) is 42.1 Å². The molecule has 0 saturated carbocycles. The quantitative estimate of drug-likeness (QED) is 0.180. The van der Waals surface area contributed by atoms with Crippen LogP contribution in [-0.4, -0.2) is 0 Å². The molecule has 10 rings (SSSR count). The monoisotopic (exact) mass is 646 g/mol. The van der Waals surface area contributed by atoms with Crippen LogP contribution in [0.4, 0.5) is 17.1 Å². The van der Waals surface area contributed by atoms with E-state index in [0.29, 0.717) is 0 Å². The highest BCUT2D eigenvalue weighted by molar-refractivity contribution is 7.25. The lowest BCUT2D eigenvalue weighted by atomic mass is 9.67. The molecule has 0 fully saturated rings. The highest BCUT2D eigenvalue weighted by atomic mass is 32.1. The topological polar surface area (TPSA) is 3.24 Å². The van der Waals surface area contributed by atoms with Gasteiger partial charge in [-0.25, -0.2) is 0 Å². The van der Waals surface area contributed by atoms with Gasteiger partial charge in [-0.2, -0.15) is 0 Å². The fourth-order valence-corrected chi connectivity index (χ4v) is 9.02. The van der Waals surface area contributed by atoms with Gasteiger partial charge >= 0.3 is 0 Å². The van der Waals surface area contributed by atoms with Gasteiger partial charge in [-0.05, 0) is 92.7 Å². The molecule has 2 heteroatoms. The molecule has 1 aliphatic carbocycles. The van der Waals surface area contributed by atoms with Gasteiger partial charge in [-0.1, -0.05) is 139 Å². The zero-order chi connectivity index (χ0) is 36.7. The van der Waals surface area contributed by atoms with Crippen LogP contribution in [0.2, 0.25) is 0 Å². The maximum atomic E-state index is 9.43. The molecule has 1 unspecified atom stereocenters. The minimum absolute atomic E-state index is 0.203. The number of benzene rings is 8. The van der Waals surface area contributed by atoms with E-state index in [0.717, 1.165) is 65.7 Å². The summed E-state index contributed by atoms with van der Waals surface area (Å²) < 4.78 is 47.3. The highest BCUT2D eigenvalue weighted by Crippen LogP contribution is 2.57. The Labute approximate surface area is 297 Å². The maximum absolute atomic E-state index is 9.43. The van der Waals surface area contributed by atoms with E-state index in [9.17, 15) is 2.74 Å². The largest absolute Gasteiger partial charge is 0.310 e. The Bertz CT molecular complexity index is 2940. The predicted octanol–water partition coefficient (Wildman–Crippen LogP) is 13.0. The van der Waals surface area contributed by atoms with Gasteiger partial charge in [0.1, 0.15) is 0 Å². The van der Waals surface area contributed by atoms with Gasteiger partial charge in [0.2, 0.25) is 0 Å². The maximum Gasteiger partial charge on any atom is 0.0714 e. The lowest BCUT2D eigenvalue weighted by molar-refractivity contribution is 0.770. The summed E-state index contributed by atoms with van der Waals surface area (Å²) >= 11 is 1.71. The van der Waals surface area contributed by atoms with E-state index >= 15 is 0 Å². The van der Waals surface area contributed by atoms with E-state index in [1.54, 1.807) is 11.3 Å². The second-order valence-corrected chi connectivity index (χ2v) is 13.6. The van der Waals surface area contributed by atoms with Crippen molar-refractivity contribution in [2.75, 3.05) is 4.90 Å². The Morgan fingerprint density at radius 3 is 2.04 bits per heavy atom. The first kappa shape index (κ1) is 23.4. The Hall–Kier alpha value is -5.96. The van der Waals surface area contributed by atoms with E-state index in [2.05, 4.69) is 120 Å². The van der Waals surface area contributed by atoms with Crippen molar-refractivity contribution < 1.29 is 6.85 Å². The molecule has 1 aliphatic rings. The highest BCUT2D eigenvalue weighted by Gasteiger charge is 2.46. The summed E-state index contributed by atoms with van der Waals surface area (Å²) in [5.41, 5.74) is 6.54. The second-order valence-electron chi connectivity index (χ2n) is 12.5. The molecular weight excluding hydrogens is 611 g/mol. The smallest absolute Gasteiger partial charge is 0.0714 e. The van der Waals surface area contributed by atoms with Gasteiger partial charge in [-0.15, -0.1) is 11.3 Å². The molecular formula is C47H31NS. The summed E-state index contributed by atoms with van der Waals surface area (Å²) in [6, 6.07) is 53.0. The second kappa shape index (κ2) is 11.1. The molecule has 230 valence electrons. The third-order valence-corrected chi connectivity index (χ3v) is 11.1. The Balaban J connectivity index is 1.29. The van der Waals surface area contributed by atoms with Crippen molar-refractivity contribution in [1.29, 1.82) is 0 Å². The summed E-state index contributed by atoms with van der Waals surface area (Å²) in [6.45, 7) is 0. The van der Waals surface area contributed by atoms with Crippen LogP contribution in [0.5, 0.6) is 0 Å². The van der Waals surface area contributed by atoms with E-state index < -0.39 is 11.5 Å². The molecule has 0 radical (unpaired) electrons. The van der Waals surface area contributed by atoms with E-state index in [1.165, 1.54) is 10.1 Å². The van der Waals surface area contributed by atoms with Gasteiger partial charge in [-0.3, -0.25) is 0 Å². The number of thiophene rings is 1. The summed E-state index contributed by atoms with van der Waals surface area (Å²) in [4.78, 5) is 2.25. The third-order valence-electron chi connectivity index (χ3n) is 9.98. The summed E-state index contributed by atoms with van der Waals surface area (Å²) in [6.07, 6.45) is 0. The van der Waals surface area contributed by atoms with Crippen molar-refractivity contribution in [2.24, 2.45) is 0 Å². The number of fused-ring (bicyclic) bond motifs is 7. The zero-order valence-electron chi connectivity index (χ0n) is 31.4. The van der Waals surface area contributed by atoms with Crippen LogP contribution in [-0.2, 0) is 5.41 Å². The van der Waals surface area contributed by atoms with E-state index in [4.69, 9.17) is 4.11 Å². The van der Waals surface area contributed by atoms with Crippen molar-refractivity contribution in [3.63, 3.8) is 0 Å². The molecule has 0 bridgehead atoms. The number of para-hydroxylation sites is 1. The zero-order valence-corrected chi connectivity index (χ0v) is 27.2. The Morgan fingerprint density at radius 2 is 1.14 bits per heavy atom. The molecule has 0 N–H and O–H groups in total. The van der Waals surface area contributed by atoms with Crippen LogP contribution in [0.15, 0.2) is 188 Å². The molecule has 1 heterocycles. The van der Waals surface area contributed by atoms with Gasteiger partial charge in [0.25, 0.3) is 0 Å². The van der Waals surface area contributed by atoms with E-state index in [-0.39, 0.29) is 29.7 Å². The Kier molecular flexibility index (Phi) is 5.27. The standard InChI is InChI=1S/C47H31NS/c1-3-15-34(16-4-1)47(35-24-27-41-40-20-10-12-22-45(40)49-46(41)30-35)43-21-11-9-19-39(43)42-31-38(26-28-44(42)47)48(36-17-5-2-6-18-36)37-25-23-32-13-7-8-14-33(32)29-37/h1-31H/i1D,3D,4D,15D,16D. The van der Waals surface area contributed by atoms with Crippen LogP contribution in [0.1, 0.15) is 29.1 Å². The molecule has 8 aromatic carbocycles. The fourth-order valence-electron chi connectivity index (χ4n) is 7.87. The average Bonchev–Trinajstić information content (AvgIpc) is 3.73. The third kappa shape index (κ3) is 4.24. The number of hydrogen-bond donors (Lipinski definition) is 0. The first-order valence-corrected chi connectivity index (χ1v) is 17.3. The minimum Gasteiger partial charge on any atom is -0.310 e. The van der Waals surface area contributed by atoms with Crippen molar-refractivity contribution in [3.8, 4) is 11.1 Å². The molecule has 1 nitrogen and oxygen atoms in total. The number of anilines is 3. The first-order valence-electron chi connectivity index (χ1n) is 18.9. The summed E-state index contributed by atoms with van der Waals surface area (Å²) in [5.74, 6) is 0. The molecule has 1 aromatic heterocycles. The Morgan fingerprint density at radius 1 is 0.449 bits per heavy atom. The molecule has 0 spiro atoms. The normalized spacial score (nSPS) is 16.4. The van der Waals surface area contributed by atoms with Crippen LogP contribution in [0.3, 0.4) is 0 Å². The van der Waals surface area contributed by atoms with Crippen molar-refractivity contribution in [3.05, 3.63) is 210 Å². The van der Waals surface area contributed by atoms with Crippen LogP contribution < -0.4 is 4.90 Å². The van der Waals surface area contributed by atoms with Crippen molar-refractivity contribution in [2.45, 2.75) is 5.41 Å². The fraction of sp³-hybridized carbons (Fsp3) is 0.0213. The molecule has 0 saturated heterocycles. The minimum atomic E-state index is -1.21. The summed E-state index contributed by atoms with van der Waals surface area (Å²) in [5, 5.41) is 4.61. The van der Waals surface area contributed by atoms with Crippen molar-refractivity contribution >= 4 is 59.3 Å². The lowest BCUT2D eigenvalue weighted by Gasteiger charge is -2.34. The number of rotatable bonds is 5. The number of nitrogens with zero attached hydrogens (tertiary/aromatic N) is 1. The van der Waals surface area contributed by atoms with Crippen LogP contribution >= 0.6 is 11.3 Å². The molecule has 0 amide bonds. The predicted molar refractivity (Wildman–Crippen MR) is 209 cm³/mol. The summed E-state index contributed by atoms with van der Waals surface area (Å²) in [7, 11) is 0. The molecule has 1 atom stereocenters. The molecule has 0 aliphatic heterocycles. The SMILES string of the molecule is [2H]c1c([2H])c([2H])c(C2(c3ccc4c(c3)sc3ccccc34)c3ccccc3-c3cc(N(c4ccccc4)c4ccc5ccccc5c4)ccc32)c([2H])c1[2H]. The van der Waals surface area contributed by atoms with Crippen molar-refractivity contribution in [1.82, 2.24) is 0 Å². The first-order chi connectivity index (χ1) is 26.4. The van der Waals surface area contributed by atoms with Gasteiger partial charge < -0.3 is 4.90 Å².